The molecular formula is C11H16N4S. The minimum atomic E-state index is 0.742. The summed E-state index contributed by atoms with van der Waals surface area (Å²) in [4.78, 5) is 4.53. The maximum atomic E-state index is 4.53. The number of aliphatic imine (C=N–C) groups is 1. The monoisotopic (exact) mass is 236 g/mol. The van der Waals surface area contributed by atoms with Crippen LogP contribution in [0.3, 0.4) is 0 Å². The molecule has 0 amide bonds. The van der Waals surface area contributed by atoms with E-state index in [0.717, 1.165) is 35.1 Å². The van der Waals surface area contributed by atoms with Crippen molar-refractivity contribution < 1.29 is 0 Å². The van der Waals surface area contributed by atoms with Crippen LogP contribution in [0.15, 0.2) is 17.3 Å². The molecule has 0 bridgehead atoms. The first-order valence-corrected chi connectivity index (χ1v) is 6.63. The second kappa shape index (κ2) is 4.13. The molecular weight excluding hydrogens is 220 g/mol. The number of aryl methyl sites for hydroxylation is 1. The van der Waals surface area contributed by atoms with Gasteiger partial charge in [-0.05, 0) is 24.8 Å². The molecule has 1 fully saturated rings. The number of aromatic nitrogens is 2. The first kappa shape index (κ1) is 10.2. The number of nitrogens with zero attached hydrogens (tertiary/aromatic N) is 3. The molecule has 0 aromatic carbocycles. The Morgan fingerprint density at radius 2 is 2.44 bits per heavy atom. The van der Waals surface area contributed by atoms with E-state index in [0.29, 0.717) is 0 Å². The molecule has 1 aromatic heterocycles. The van der Waals surface area contributed by atoms with Crippen LogP contribution >= 0.6 is 11.8 Å². The first-order chi connectivity index (χ1) is 7.81. The third-order valence-corrected chi connectivity index (χ3v) is 4.35. The summed E-state index contributed by atoms with van der Waals surface area (Å²) in [5.74, 6) is 0.933. The highest BCUT2D eigenvalue weighted by molar-refractivity contribution is 8.14. The first-order valence-electron chi connectivity index (χ1n) is 5.75. The number of thioether (sulfide) groups is 1. The van der Waals surface area contributed by atoms with Crippen LogP contribution in [0.1, 0.15) is 18.5 Å². The zero-order chi connectivity index (χ0) is 11.0. The second-order valence-electron chi connectivity index (χ2n) is 4.47. The maximum absolute atomic E-state index is 4.53. The molecule has 5 heteroatoms. The quantitative estimate of drug-likeness (QED) is 0.862. The molecule has 2 heterocycles. The van der Waals surface area contributed by atoms with Crippen molar-refractivity contribution in [2.24, 2.45) is 18.0 Å². The molecule has 1 aliphatic carbocycles. The zero-order valence-electron chi connectivity index (χ0n) is 9.39. The van der Waals surface area contributed by atoms with Crippen LogP contribution in [-0.2, 0) is 13.6 Å². The van der Waals surface area contributed by atoms with Gasteiger partial charge in [-0.3, -0.25) is 9.67 Å². The second-order valence-corrected chi connectivity index (χ2v) is 5.70. The van der Waals surface area contributed by atoms with Gasteiger partial charge in [0.05, 0.1) is 18.8 Å². The fourth-order valence-electron chi connectivity index (χ4n) is 1.93. The van der Waals surface area contributed by atoms with E-state index in [1.165, 1.54) is 12.8 Å². The lowest BCUT2D eigenvalue weighted by atomic mass is 10.3. The minimum Gasteiger partial charge on any atom is -0.359 e. The average Bonchev–Trinajstić information content (AvgIpc) is 2.87. The predicted molar refractivity (Wildman–Crippen MR) is 66.5 cm³/mol. The smallest absolute Gasteiger partial charge is 0.157 e. The van der Waals surface area contributed by atoms with Crippen molar-refractivity contribution in [3.63, 3.8) is 0 Å². The Morgan fingerprint density at radius 3 is 3.12 bits per heavy atom. The van der Waals surface area contributed by atoms with Crippen LogP contribution in [0.2, 0.25) is 0 Å². The largest absolute Gasteiger partial charge is 0.359 e. The van der Waals surface area contributed by atoms with E-state index in [1.807, 2.05) is 35.8 Å². The van der Waals surface area contributed by atoms with Crippen molar-refractivity contribution in [3.8, 4) is 0 Å². The van der Waals surface area contributed by atoms with Gasteiger partial charge in [0.1, 0.15) is 0 Å². The summed E-state index contributed by atoms with van der Waals surface area (Å²) in [5.41, 5.74) is 1.07. The molecule has 3 rings (SSSR count). The average molecular weight is 236 g/mol. The molecule has 1 unspecified atom stereocenters. The van der Waals surface area contributed by atoms with Crippen LogP contribution in [-0.4, -0.2) is 26.7 Å². The topological polar surface area (TPSA) is 42.2 Å². The van der Waals surface area contributed by atoms with E-state index in [2.05, 4.69) is 15.4 Å². The molecule has 1 aliphatic heterocycles. The normalized spacial score (nSPS) is 24.6. The van der Waals surface area contributed by atoms with E-state index in [1.54, 1.807) is 0 Å². The SMILES string of the molecule is Cn1ccc(CNC2=NCC(C3CC3)S2)n1. The molecule has 2 aliphatic rings. The van der Waals surface area contributed by atoms with Gasteiger partial charge in [0.25, 0.3) is 0 Å². The Morgan fingerprint density at radius 1 is 1.56 bits per heavy atom. The summed E-state index contributed by atoms with van der Waals surface area (Å²) in [6.45, 7) is 1.78. The van der Waals surface area contributed by atoms with Gasteiger partial charge in [0, 0.05) is 18.5 Å². The van der Waals surface area contributed by atoms with Gasteiger partial charge in [0.2, 0.25) is 0 Å². The Labute approximate surface area is 99.5 Å². The van der Waals surface area contributed by atoms with E-state index >= 15 is 0 Å². The lowest BCUT2D eigenvalue weighted by Crippen LogP contribution is -2.19. The number of hydrogen-bond acceptors (Lipinski definition) is 4. The molecule has 86 valence electrons. The molecule has 0 radical (unpaired) electrons. The summed E-state index contributed by atoms with van der Waals surface area (Å²) in [7, 11) is 1.94. The van der Waals surface area contributed by atoms with E-state index in [4.69, 9.17) is 0 Å². The van der Waals surface area contributed by atoms with E-state index in [9.17, 15) is 0 Å². The fraction of sp³-hybridized carbons (Fsp3) is 0.636. The standard InChI is InChI=1S/C11H16N4S/c1-15-5-4-9(14-15)6-12-11-13-7-10(16-11)8-2-3-8/h4-5,8,10H,2-3,6-7H2,1H3,(H,12,13). The maximum Gasteiger partial charge on any atom is 0.157 e. The van der Waals surface area contributed by atoms with Crippen molar-refractivity contribution in [2.75, 3.05) is 6.54 Å². The highest BCUT2D eigenvalue weighted by Gasteiger charge is 2.35. The Bertz CT molecular complexity index is 408. The summed E-state index contributed by atoms with van der Waals surface area (Å²) >= 11 is 1.91. The van der Waals surface area contributed by atoms with E-state index in [-0.39, 0.29) is 0 Å². The lowest BCUT2D eigenvalue weighted by Gasteiger charge is -2.06. The highest BCUT2D eigenvalue weighted by Crippen LogP contribution is 2.41. The molecule has 1 N–H and O–H groups in total. The van der Waals surface area contributed by atoms with Gasteiger partial charge in [0.15, 0.2) is 5.17 Å². The Hall–Kier alpha value is -0.970. The van der Waals surface area contributed by atoms with Crippen molar-refractivity contribution in [1.82, 2.24) is 15.1 Å². The number of nitrogens with one attached hydrogen (secondary N) is 1. The van der Waals surface area contributed by atoms with Gasteiger partial charge < -0.3 is 5.32 Å². The van der Waals surface area contributed by atoms with Crippen molar-refractivity contribution in [3.05, 3.63) is 18.0 Å². The zero-order valence-corrected chi connectivity index (χ0v) is 10.2. The van der Waals surface area contributed by atoms with Crippen LogP contribution < -0.4 is 5.32 Å². The summed E-state index contributed by atoms with van der Waals surface area (Å²) in [5, 5.41) is 9.53. The van der Waals surface area contributed by atoms with Crippen molar-refractivity contribution in [1.29, 1.82) is 0 Å². The Balaban J connectivity index is 1.49. The molecule has 16 heavy (non-hydrogen) atoms. The van der Waals surface area contributed by atoms with Gasteiger partial charge in [-0.1, -0.05) is 11.8 Å². The molecule has 0 spiro atoms. The third-order valence-electron chi connectivity index (χ3n) is 3.02. The number of hydrogen-bond donors (Lipinski definition) is 1. The van der Waals surface area contributed by atoms with Crippen molar-refractivity contribution >= 4 is 16.9 Å². The number of rotatable bonds is 3. The third kappa shape index (κ3) is 2.24. The molecule has 4 nitrogen and oxygen atoms in total. The van der Waals surface area contributed by atoms with Gasteiger partial charge in [-0.25, -0.2) is 0 Å². The van der Waals surface area contributed by atoms with Crippen LogP contribution in [0.25, 0.3) is 0 Å². The molecule has 0 saturated heterocycles. The molecule has 1 saturated carbocycles. The van der Waals surface area contributed by atoms with E-state index < -0.39 is 0 Å². The van der Waals surface area contributed by atoms with Crippen LogP contribution in [0.4, 0.5) is 0 Å². The van der Waals surface area contributed by atoms with Gasteiger partial charge in [-0.2, -0.15) is 5.10 Å². The fourth-order valence-corrected chi connectivity index (χ4v) is 3.13. The van der Waals surface area contributed by atoms with Gasteiger partial charge >= 0.3 is 0 Å². The number of amidine groups is 1. The predicted octanol–water partition coefficient (Wildman–Crippen LogP) is 1.39. The summed E-state index contributed by atoms with van der Waals surface area (Å²) in [6.07, 6.45) is 4.77. The molecule has 1 aromatic rings. The molecule has 1 atom stereocenters. The van der Waals surface area contributed by atoms with Gasteiger partial charge in [-0.15, -0.1) is 0 Å². The van der Waals surface area contributed by atoms with Crippen LogP contribution in [0.5, 0.6) is 0 Å². The minimum absolute atomic E-state index is 0.742. The highest BCUT2D eigenvalue weighted by atomic mass is 32.2. The summed E-state index contributed by atoms with van der Waals surface area (Å²) < 4.78 is 1.83. The lowest BCUT2D eigenvalue weighted by molar-refractivity contribution is 0.731. The van der Waals surface area contributed by atoms with Crippen molar-refractivity contribution in [2.45, 2.75) is 24.6 Å². The summed E-state index contributed by atoms with van der Waals surface area (Å²) in [6, 6.07) is 2.03. The van der Waals surface area contributed by atoms with Crippen LogP contribution in [0, 0.1) is 5.92 Å². The Kier molecular flexibility index (Phi) is 2.63.